The molecule has 22 heavy (non-hydrogen) atoms. The zero-order valence-corrected chi connectivity index (χ0v) is 15.5. The summed E-state index contributed by atoms with van der Waals surface area (Å²) >= 11 is 0. The molecule has 0 heterocycles. The zero-order valence-electron chi connectivity index (χ0n) is 14.5. The molecule has 5 heteroatoms. The Morgan fingerprint density at radius 1 is 1.23 bits per heavy atom. The van der Waals surface area contributed by atoms with Crippen LogP contribution in [0.25, 0.3) is 0 Å². The van der Waals surface area contributed by atoms with Crippen LogP contribution in [0, 0.1) is 0 Å². The number of rotatable bonds is 7. The van der Waals surface area contributed by atoms with Crippen LogP contribution in [0.3, 0.4) is 0 Å². The van der Waals surface area contributed by atoms with Gasteiger partial charge in [0, 0.05) is 13.0 Å². The van der Waals surface area contributed by atoms with Crippen LogP contribution >= 0.6 is 0 Å². The molecule has 4 nitrogen and oxygen atoms in total. The topological polar surface area (TPSA) is 55.8 Å². The first-order valence-corrected chi connectivity index (χ1v) is 10.6. The number of benzene rings is 1. The van der Waals surface area contributed by atoms with Crippen LogP contribution in [0.4, 0.5) is 0 Å². The summed E-state index contributed by atoms with van der Waals surface area (Å²) in [6.07, 6.45) is -1.19. The summed E-state index contributed by atoms with van der Waals surface area (Å²) in [7, 11) is -1.85. The summed E-state index contributed by atoms with van der Waals surface area (Å²) in [6, 6.07) is 7.49. The molecule has 124 valence electrons. The first kappa shape index (κ1) is 18.9. The van der Waals surface area contributed by atoms with Crippen LogP contribution in [-0.2, 0) is 16.0 Å². The number of ether oxygens (including phenoxy) is 1. The molecule has 1 rings (SSSR count). The van der Waals surface area contributed by atoms with Gasteiger partial charge in [0.1, 0.15) is 5.75 Å². The third-order valence-corrected chi connectivity index (χ3v) is 8.44. The van der Waals surface area contributed by atoms with Crippen LogP contribution < -0.4 is 4.43 Å². The summed E-state index contributed by atoms with van der Waals surface area (Å²) in [5.74, 6) is 0.494. The molecule has 0 amide bonds. The van der Waals surface area contributed by atoms with E-state index in [0.717, 1.165) is 11.3 Å². The van der Waals surface area contributed by atoms with Crippen molar-refractivity contribution in [1.29, 1.82) is 0 Å². The number of hydrogen-bond donors (Lipinski definition) is 1. The highest BCUT2D eigenvalue weighted by Crippen LogP contribution is 2.37. The third kappa shape index (κ3) is 5.23. The first-order chi connectivity index (χ1) is 10.1. The molecule has 0 aromatic heterocycles. The van der Waals surface area contributed by atoms with Crippen LogP contribution in [-0.4, -0.2) is 32.1 Å². The standard InChI is InChI=1S/C17H28O4Si/c1-7-20-16(19)15(18)12-13-8-10-14(11-9-13)21-22(5,6)17(2,3)4/h8-11,16,19H,7,12H2,1-6H3. The van der Waals surface area contributed by atoms with E-state index in [1.54, 1.807) is 6.92 Å². The maximum Gasteiger partial charge on any atom is 0.250 e. The Bertz CT molecular complexity index is 488. The van der Waals surface area contributed by atoms with Crippen molar-refractivity contribution in [3.05, 3.63) is 29.8 Å². The van der Waals surface area contributed by atoms with Gasteiger partial charge in [0.25, 0.3) is 0 Å². The molecule has 1 aromatic carbocycles. The number of hydrogen-bond acceptors (Lipinski definition) is 4. The first-order valence-electron chi connectivity index (χ1n) is 7.67. The van der Waals surface area contributed by atoms with E-state index < -0.39 is 14.6 Å². The van der Waals surface area contributed by atoms with Crippen LogP contribution in [0.1, 0.15) is 33.3 Å². The maximum absolute atomic E-state index is 11.7. The molecule has 0 radical (unpaired) electrons. The van der Waals surface area contributed by atoms with E-state index >= 15 is 0 Å². The second-order valence-corrected chi connectivity index (χ2v) is 11.7. The van der Waals surface area contributed by atoms with Crippen molar-refractivity contribution in [2.24, 2.45) is 0 Å². The molecule has 0 fully saturated rings. The quantitative estimate of drug-likeness (QED) is 0.616. The summed E-state index contributed by atoms with van der Waals surface area (Å²) in [6.45, 7) is 13.0. The van der Waals surface area contributed by atoms with E-state index in [4.69, 9.17) is 9.16 Å². The summed E-state index contributed by atoms with van der Waals surface area (Å²) in [5.41, 5.74) is 0.839. The van der Waals surface area contributed by atoms with Gasteiger partial charge in [-0.1, -0.05) is 32.9 Å². The molecule has 0 bridgehead atoms. The third-order valence-electron chi connectivity index (χ3n) is 4.08. The highest BCUT2D eigenvalue weighted by molar-refractivity contribution is 6.74. The van der Waals surface area contributed by atoms with Crippen molar-refractivity contribution in [3.8, 4) is 5.75 Å². The Morgan fingerprint density at radius 3 is 2.23 bits per heavy atom. The minimum atomic E-state index is -1.85. The average Bonchev–Trinajstić information content (AvgIpc) is 2.39. The van der Waals surface area contributed by atoms with Gasteiger partial charge in [-0.25, -0.2) is 0 Å². The highest BCUT2D eigenvalue weighted by atomic mass is 28.4. The Labute approximate surface area is 134 Å². The van der Waals surface area contributed by atoms with Gasteiger partial charge >= 0.3 is 0 Å². The Kier molecular flexibility index (Phi) is 6.34. The summed E-state index contributed by atoms with van der Waals surface area (Å²) in [4.78, 5) is 11.7. The van der Waals surface area contributed by atoms with Crippen molar-refractivity contribution in [3.63, 3.8) is 0 Å². The normalized spacial score (nSPS) is 13.8. The number of aliphatic hydroxyl groups excluding tert-OH is 1. The second kappa shape index (κ2) is 7.40. The van der Waals surface area contributed by atoms with Crippen LogP contribution in [0.2, 0.25) is 18.1 Å². The molecule has 1 aromatic rings. The minimum absolute atomic E-state index is 0.142. The fourth-order valence-corrected chi connectivity index (χ4v) is 2.69. The molecular formula is C17H28O4Si. The van der Waals surface area contributed by atoms with E-state index in [1.165, 1.54) is 0 Å². The molecular weight excluding hydrogens is 296 g/mol. The lowest BCUT2D eigenvalue weighted by atomic mass is 10.1. The van der Waals surface area contributed by atoms with Gasteiger partial charge in [-0.05, 0) is 42.8 Å². The van der Waals surface area contributed by atoms with Crippen molar-refractivity contribution < 1.29 is 19.1 Å². The molecule has 0 saturated carbocycles. The number of carbonyl (C=O) groups excluding carboxylic acids is 1. The van der Waals surface area contributed by atoms with Crippen molar-refractivity contribution in [2.75, 3.05) is 6.61 Å². The molecule has 0 aliphatic rings. The molecule has 0 aliphatic heterocycles. The number of Topliss-reactive ketones (excluding diaryl/α,β-unsaturated/α-hetero) is 1. The number of carbonyl (C=O) groups is 1. The molecule has 1 atom stereocenters. The predicted octanol–water partition coefficient (Wildman–Crippen LogP) is 3.54. The monoisotopic (exact) mass is 324 g/mol. The minimum Gasteiger partial charge on any atom is -0.544 e. The van der Waals surface area contributed by atoms with Gasteiger partial charge in [-0.15, -0.1) is 0 Å². The fourth-order valence-electron chi connectivity index (χ4n) is 1.66. The van der Waals surface area contributed by atoms with E-state index in [-0.39, 0.29) is 17.2 Å². The summed E-state index contributed by atoms with van der Waals surface area (Å²) in [5, 5.41) is 9.63. The average molecular weight is 324 g/mol. The largest absolute Gasteiger partial charge is 0.544 e. The van der Waals surface area contributed by atoms with E-state index in [0.29, 0.717) is 6.61 Å². The molecule has 1 N–H and O–H groups in total. The van der Waals surface area contributed by atoms with Gasteiger partial charge in [-0.3, -0.25) is 4.79 Å². The van der Waals surface area contributed by atoms with Gasteiger partial charge in [0.15, 0.2) is 5.78 Å². The second-order valence-electron chi connectivity index (χ2n) is 6.96. The molecule has 0 spiro atoms. The van der Waals surface area contributed by atoms with Gasteiger partial charge in [0.2, 0.25) is 14.6 Å². The lowest BCUT2D eigenvalue weighted by Crippen LogP contribution is -2.43. The number of ketones is 1. The molecule has 0 aliphatic carbocycles. The van der Waals surface area contributed by atoms with Crippen molar-refractivity contribution in [1.82, 2.24) is 0 Å². The molecule has 1 unspecified atom stereocenters. The van der Waals surface area contributed by atoms with Crippen LogP contribution in [0.15, 0.2) is 24.3 Å². The van der Waals surface area contributed by atoms with Crippen LogP contribution in [0.5, 0.6) is 5.75 Å². The Balaban J connectivity index is 2.70. The van der Waals surface area contributed by atoms with Crippen molar-refractivity contribution in [2.45, 2.75) is 58.5 Å². The van der Waals surface area contributed by atoms with Gasteiger partial charge < -0.3 is 14.3 Å². The zero-order chi connectivity index (χ0) is 17.0. The van der Waals surface area contributed by atoms with E-state index in [2.05, 4.69) is 33.9 Å². The van der Waals surface area contributed by atoms with Gasteiger partial charge in [0.05, 0.1) is 0 Å². The Hall–Kier alpha value is -1.17. The van der Waals surface area contributed by atoms with Gasteiger partial charge in [-0.2, -0.15) is 0 Å². The molecule has 0 saturated heterocycles. The van der Waals surface area contributed by atoms with E-state index in [9.17, 15) is 9.90 Å². The predicted molar refractivity (Wildman–Crippen MR) is 90.6 cm³/mol. The van der Waals surface area contributed by atoms with E-state index in [1.807, 2.05) is 24.3 Å². The smallest absolute Gasteiger partial charge is 0.250 e. The maximum atomic E-state index is 11.7. The fraction of sp³-hybridized carbons (Fsp3) is 0.588. The van der Waals surface area contributed by atoms with Crippen molar-refractivity contribution >= 4 is 14.1 Å². The Morgan fingerprint density at radius 2 is 1.77 bits per heavy atom. The lowest BCUT2D eigenvalue weighted by molar-refractivity contribution is -0.154. The number of aliphatic hydroxyl groups is 1. The summed E-state index contributed by atoms with van der Waals surface area (Å²) < 4.78 is 11.1. The lowest BCUT2D eigenvalue weighted by Gasteiger charge is -2.36. The highest BCUT2D eigenvalue weighted by Gasteiger charge is 2.38. The SMILES string of the molecule is CCOC(O)C(=O)Cc1ccc(O[Si](C)(C)C(C)(C)C)cc1.